The van der Waals surface area contributed by atoms with Crippen molar-refractivity contribution in [3.05, 3.63) is 71.8 Å². The molecule has 3 aromatic rings. The number of nitrogens with zero attached hydrogens (tertiary/aromatic N) is 2. The molecule has 2 aromatic carbocycles. The standard InChI is InChI=1S/C17H19N5O/c1-23-14-9-7-13(8-10-14)19-11-15-20-17(22-21-15)16(18)12-5-3-2-4-6-12/h2-10,16,19H,11,18H2,1H3,(H,20,21,22)/t16-/m0/s1. The van der Waals surface area contributed by atoms with Crippen LogP contribution in [0.25, 0.3) is 0 Å². The average Bonchev–Trinajstić information content (AvgIpc) is 3.09. The number of hydrogen-bond acceptors (Lipinski definition) is 5. The van der Waals surface area contributed by atoms with Gasteiger partial charge >= 0.3 is 0 Å². The minimum absolute atomic E-state index is 0.331. The van der Waals surface area contributed by atoms with E-state index in [1.54, 1.807) is 7.11 Å². The normalized spacial score (nSPS) is 11.9. The number of anilines is 1. The molecule has 0 radical (unpaired) electrons. The lowest BCUT2D eigenvalue weighted by Crippen LogP contribution is -2.13. The second kappa shape index (κ2) is 6.93. The van der Waals surface area contributed by atoms with Crippen LogP contribution in [0.2, 0.25) is 0 Å². The Labute approximate surface area is 134 Å². The minimum atomic E-state index is -0.331. The van der Waals surface area contributed by atoms with E-state index in [-0.39, 0.29) is 6.04 Å². The van der Waals surface area contributed by atoms with Gasteiger partial charge in [-0.25, -0.2) is 4.98 Å². The van der Waals surface area contributed by atoms with Crippen LogP contribution in [0.15, 0.2) is 54.6 Å². The number of methoxy groups -OCH3 is 1. The van der Waals surface area contributed by atoms with E-state index in [0.29, 0.717) is 12.4 Å². The number of rotatable bonds is 6. The summed E-state index contributed by atoms with van der Waals surface area (Å²) in [6, 6.07) is 17.2. The predicted molar refractivity (Wildman–Crippen MR) is 89.2 cm³/mol. The summed E-state index contributed by atoms with van der Waals surface area (Å²) in [5.41, 5.74) is 8.16. The molecule has 118 valence electrons. The van der Waals surface area contributed by atoms with Crippen LogP contribution in [0.1, 0.15) is 23.3 Å². The fraction of sp³-hybridized carbons (Fsp3) is 0.176. The number of nitrogens with two attached hydrogens (primary N) is 1. The highest BCUT2D eigenvalue weighted by Crippen LogP contribution is 2.17. The van der Waals surface area contributed by atoms with E-state index in [4.69, 9.17) is 10.5 Å². The van der Waals surface area contributed by atoms with Crippen molar-refractivity contribution in [1.82, 2.24) is 15.2 Å². The van der Waals surface area contributed by atoms with Gasteiger partial charge in [0, 0.05) is 5.69 Å². The lowest BCUT2D eigenvalue weighted by Gasteiger charge is -2.07. The number of aromatic amines is 1. The zero-order chi connectivity index (χ0) is 16.1. The third kappa shape index (κ3) is 3.67. The number of H-pyrrole nitrogens is 1. The maximum atomic E-state index is 6.19. The van der Waals surface area contributed by atoms with Crippen molar-refractivity contribution in [2.24, 2.45) is 5.73 Å². The van der Waals surface area contributed by atoms with Crippen molar-refractivity contribution in [2.45, 2.75) is 12.6 Å². The Morgan fingerprint density at radius 1 is 1.13 bits per heavy atom. The molecule has 1 aromatic heterocycles. The molecule has 1 atom stereocenters. The van der Waals surface area contributed by atoms with Crippen molar-refractivity contribution < 1.29 is 4.74 Å². The minimum Gasteiger partial charge on any atom is -0.497 e. The Morgan fingerprint density at radius 3 is 2.57 bits per heavy atom. The highest BCUT2D eigenvalue weighted by Gasteiger charge is 2.13. The molecule has 0 amide bonds. The van der Waals surface area contributed by atoms with Crippen LogP contribution >= 0.6 is 0 Å². The quantitative estimate of drug-likeness (QED) is 0.651. The topological polar surface area (TPSA) is 88.8 Å². The fourth-order valence-electron chi connectivity index (χ4n) is 2.23. The highest BCUT2D eigenvalue weighted by molar-refractivity contribution is 5.46. The van der Waals surface area contributed by atoms with E-state index in [0.717, 1.165) is 22.8 Å². The molecule has 0 aliphatic rings. The molecule has 0 fully saturated rings. The molecule has 23 heavy (non-hydrogen) atoms. The van der Waals surface area contributed by atoms with Crippen LogP contribution in [0.5, 0.6) is 5.75 Å². The van der Waals surface area contributed by atoms with E-state index in [9.17, 15) is 0 Å². The van der Waals surface area contributed by atoms with Crippen LogP contribution < -0.4 is 15.8 Å². The van der Waals surface area contributed by atoms with Gasteiger partial charge in [0.15, 0.2) is 5.82 Å². The molecule has 0 unspecified atom stereocenters. The number of nitrogens with one attached hydrogen (secondary N) is 2. The maximum Gasteiger partial charge on any atom is 0.171 e. The molecule has 3 rings (SSSR count). The first-order chi connectivity index (χ1) is 11.3. The summed E-state index contributed by atoms with van der Waals surface area (Å²) in [4.78, 5) is 4.46. The Hall–Kier alpha value is -2.86. The van der Waals surface area contributed by atoms with Gasteiger partial charge in [-0.05, 0) is 29.8 Å². The number of benzene rings is 2. The van der Waals surface area contributed by atoms with Crippen LogP contribution in [-0.4, -0.2) is 22.3 Å². The summed E-state index contributed by atoms with van der Waals surface area (Å²) in [6.07, 6.45) is 0. The van der Waals surface area contributed by atoms with Crippen molar-refractivity contribution in [3.8, 4) is 5.75 Å². The molecule has 6 nitrogen and oxygen atoms in total. The third-order valence-corrected chi connectivity index (χ3v) is 3.54. The van der Waals surface area contributed by atoms with Gasteiger partial charge in [-0.1, -0.05) is 30.3 Å². The monoisotopic (exact) mass is 309 g/mol. The van der Waals surface area contributed by atoms with Crippen molar-refractivity contribution >= 4 is 5.69 Å². The summed E-state index contributed by atoms with van der Waals surface area (Å²) >= 11 is 0. The van der Waals surface area contributed by atoms with Crippen molar-refractivity contribution in [3.63, 3.8) is 0 Å². The number of hydrogen-bond donors (Lipinski definition) is 3. The van der Waals surface area contributed by atoms with Gasteiger partial charge in [-0.3, -0.25) is 5.10 Å². The molecule has 0 aliphatic heterocycles. The average molecular weight is 309 g/mol. The maximum absolute atomic E-state index is 6.19. The van der Waals surface area contributed by atoms with Crippen molar-refractivity contribution in [2.75, 3.05) is 12.4 Å². The Bertz CT molecular complexity index is 739. The molecule has 0 spiro atoms. The van der Waals surface area contributed by atoms with Gasteiger partial charge < -0.3 is 15.8 Å². The molecule has 0 saturated heterocycles. The second-order valence-corrected chi connectivity index (χ2v) is 5.11. The fourth-order valence-corrected chi connectivity index (χ4v) is 2.23. The number of aromatic nitrogens is 3. The smallest absolute Gasteiger partial charge is 0.171 e. The lowest BCUT2D eigenvalue weighted by molar-refractivity contribution is 0.415. The lowest BCUT2D eigenvalue weighted by atomic mass is 10.1. The van der Waals surface area contributed by atoms with E-state index < -0.39 is 0 Å². The number of ether oxygens (including phenoxy) is 1. The first kappa shape index (κ1) is 15.1. The molecule has 1 heterocycles. The molecular weight excluding hydrogens is 290 g/mol. The Kier molecular flexibility index (Phi) is 4.54. The SMILES string of the molecule is COc1ccc(NCc2nc([C@@H](N)c3ccccc3)n[nH]2)cc1. The summed E-state index contributed by atoms with van der Waals surface area (Å²) in [5.74, 6) is 2.15. The zero-order valence-electron chi connectivity index (χ0n) is 12.9. The molecule has 0 bridgehead atoms. The second-order valence-electron chi connectivity index (χ2n) is 5.11. The van der Waals surface area contributed by atoms with E-state index in [2.05, 4.69) is 20.5 Å². The van der Waals surface area contributed by atoms with Gasteiger partial charge in [-0.2, -0.15) is 5.10 Å². The highest BCUT2D eigenvalue weighted by atomic mass is 16.5. The van der Waals surface area contributed by atoms with Gasteiger partial charge in [0.2, 0.25) is 0 Å². The summed E-state index contributed by atoms with van der Waals surface area (Å²) in [5, 5.41) is 10.4. The molecule has 0 saturated carbocycles. The van der Waals surface area contributed by atoms with Crippen LogP contribution in [0, 0.1) is 0 Å². The molecule has 4 N–H and O–H groups in total. The summed E-state index contributed by atoms with van der Waals surface area (Å²) in [7, 11) is 1.65. The summed E-state index contributed by atoms with van der Waals surface area (Å²) in [6.45, 7) is 0.542. The van der Waals surface area contributed by atoms with E-state index in [1.165, 1.54) is 0 Å². The van der Waals surface area contributed by atoms with Gasteiger partial charge in [0.1, 0.15) is 11.6 Å². The van der Waals surface area contributed by atoms with E-state index in [1.807, 2.05) is 54.6 Å². The molecular formula is C17H19N5O. The largest absolute Gasteiger partial charge is 0.497 e. The van der Waals surface area contributed by atoms with E-state index >= 15 is 0 Å². The van der Waals surface area contributed by atoms with Crippen LogP contribution in [0.4, 0.5) is 5.69 Å². The third-order valence-electron chi connectivity index (χ3n) is 3.54. The predicted octanol–water partition coefficient (Wildman–Crippen LogP) is 2.47. The van der Waals surface area contributed by atoms with Crippen LogP contribution in [-0.2, 0) is 6.54 Å². The van der Waals surface area contributed by atoms with Gasteiger partial charge in [0.25, 0.3) is 0 Å². The van der Waals surface area contributed by atoms with Gasteiger partial charge in [0.05, 0.1) is 19.7 Å². The zero-order valence-corrected chi connectivity index (χ0v) is 12.9. The van der Waals surface area contributed by atoms with Crippen LogP contribution in [0.3, 0.4) is 0 Å². The first-order valence-electron chi connectivity index (χ1n) is 7.36. The molecule has 0 aliphatic carbocycles. The summed E-state index contributed by atoms with van der Waals surface area (Å²) < 4.78 is 5.13. The van der Waals surface area contributed by atoms with Gasteiger partial charge in [-0.15, -0.1) is 0 Å². The Balaban J connectivity index is 1.62. The Morgan fingerprint density at radius 2 is 1.87 bits per heavy atom. The molecule has 6 heteroatoms. The van der Waals surface area contributed by atoms with Crippen molar-refractivity contribution in [1.29, 1.82) is 0 Å². The first-order valence-corrected chi connectivity index (χ1v) is 7.36.